The number of aromatic nitrogens is 5. The highest BCUT2D eigenvalue weighted by molar-refractivity contribution is 6.36. The number of fused-ring (bicyclic) bond motifs is 1. The fourth-order valence-electron chi connectivity index (χ4n) is 2.53. The standard InChI is InChI=1S/C15H14ClF3N6O/c1-8-4-10(15(17,18)19)25-13(21-8)11(16)12(22-25)14(26)23(2)6-9-5-20-24(3)7-9/h4-5,7H,6H2,1-3H3. The van der Waals surface area contributed by atoms with Crippen molar-refractivity contribution in [3.05, 3.63) is 46.1 Å². The molecule has 3 aromatic rings. The van der Waals surface area contributed by atoms with Gasteiger partial charge in [-0.3, -0.25) is 9.48 Å². The van der Waals surface area contributed by atoms with Crippen LogP contribution in [0.25, 0.3) is 5.65 Å². The first kappa shape index (κ1) is 18.2. The molecule has 0 N–H and O–H groups in total. The van der Waals surface area contributed by atoms with Gasteiger partial charge in [-0.15, -0.1) is 0 Å². The average molecular weight is 387 g/mol. The van der Waals surface area contributed by atoms with Crippen LogP contribution in [0.3, 0.4) is 0 Å². The average Bonchev–Trinajstić information content (AvgIpc) is 3.09. The van der Waals surface area contributed by atoms with Crippen molar-refractivity contribution in [2.24, 2.45) is 7.05 Å². The van der Waals surface area contributed by atoms with E-state index in [9.17, 15) is 18.0 Å². The fraction of sp³-hybridized carbons (Fsp3) is 0.333. The highest BCUT2D eigenvalue weighted by Crippen LogP contribution is 2.32. The summed E-state index contributed by atoms with van der Waals surface area (Å²) in [6.07, 6.45) is -1.35. The molecule has 0 saturated heterocycles. The summed E-state index contributed by atoms with van der Waals surface area (Å²) in [7, 11) is 3.23. The van der Waals surface area contributed by atoms with Crippen LogP contribution >= 0.6 is 11.6 Å². The summed E-state index contributed by atoms with van der Waals surface area (Å²) >= 11 is 6.12. The van der Waals surface area contributed by atoms with Crippen LogP contribution in [-0.4, -0.2) is 42.2 Å². The van der Waals surface area contributed by atoms with Gasteiger partial charge in [0, 0.05) is 38.1 Å². The number of amides is 1. The third-order valence-corrected chi connectivity index (χ3v) is 4.03. The largest absolute Gasteiger partial charge is 0.433 e. The predicted octanol–water partition coefficient (Wildman–Crippen LogP) is 2.72. The number of carbonyl (C=O) groups excluding carboxylic acids is 1. The molecule has 0 fully saturated rings. The number of rotatable bonds is 3. The molecule has 0 radical (unpaired) electrons. The zero-order chi connectivity index (χ0) is 19.2. The Hall–Kier alpha value is -2.62. The van der Waals surface area contributed by atoms with Crippen LogP contribution in [-0.2, 0) is 19.8 Å². The van der Waals surface area contributed by atoms with E-state index in [0.29, 0.717) is 4.52 Å². The molecule has 1 amide bonds. The zero-order valence-electron chi connectivity index (χ0n) is 14.0. The number of aryl methyl sites for hydroxylation is 2. The molecule has 0 saturated carbocycles. The highest BCUT2D eigenvalue weighted by atomic mass is 35.5. The number of hydrogen-bond acceptors (Lipinski definition) is 4. The molecule has 0 aliphatic carbocycles. The van der Waals surface area contributed by atoms with Crippen molar-refractivity contribution in [2.75, 3.05) is 7.05 Å². The van der Waals surface area contributed by atoms with Gasteiger partial charge in [0.2, 0.25) is 0 Å². The molecule has 138 valence electrons. The Morgan fingerprint density at radius 3 is 2.65 bits per heavy atom. The Morgan fingerprint density at radius 2 is 2.08 bits per heavy atom. The minimum absolute atomic E-state index is 0.120. The highest BCUT2D eigenvalue weighted by Gasteiger charge is 2.36. The van der Waals surface area contributed by atoms with Crippen molar-refractivity contribution >= 4 is 23.2 Å². The Labute approximate surface area is 151 Å². The van der Waals surface area contributed by atoms with E-state index in [2.05, 4.69) is 15.2 Å². The first-order chi connectivity index (χ1) is 12.1. The minimum Gasteiger partial charge on any atom is -0.336 e. The number of alkyl halides is 3. The van der Waals surface area contributed by atoms with E-state index in [1.54, 1.807) is 24.1 Å². The summed E-state index contributed by atoms with van der Waals surface area (Å²) < 4.78 is 41.9. The van der Waals surface area contributed by atoms with Crippen LogP contribution in [0, 0.1) is 6.92 Å². The number of nitrogens with zero attached hydrogens (tertiary/aromatic N) is 6. The lowest BCUT2D eigenvalue weighted by Gasteiger charge is -2.14. The molecule has 0 atom stereocenters. The molecule has 0 spiro atoms. The Balaban J connectivity index is 2.02. The zero-order valence-corrected chi connectivity index (χ0v) is 14.8. The smallest absolute Gasteiger partial charge is 0.336 e. The van der Waals surface area contributed by atoms with Crippen LogP contribution in [0.5, 0.6) is 0 Å². The molecule has 0 aromatic carbocycles. The van der Waals surface area contributed by atoms with Crippen molar-refractivity contribution in [2.45, 2.75) is 19.6 Å². The molecule has 0 unspecified atom stereocenters. The second-order valence-corrected chi connectivity index (χ2v) is 6.24. The molecule has 11 heteroatoms. The van der Waals surface area contributed by atoms with E-state index < -0.39 is 17.8 Å². The van der Waals surface area contributed by atoms with Gasteiger partial charge in [-0.05, 0) is 13.0 Å². The van der Waals surface area contributed by atoms with E-state index in [1.165, 1.54) is 18.9 Å². The van der Waals surface area contributed by atoms with E-state index in [4.69, 9.17) is 11.6 Å². The summed E-state index contributed by atoms with van der Waals surface area (Å²) in [6.45, 7) is 1.62. The van der Waals surface area contributed by atoms with Crippen LogP contribution < -0.4 is 0 Å². The van der Waals surface area contributed by atoms with Gasteiger partial charge in [0.1, 0.15) is 10.7 Å². The molecular weight excluding hydrogens is 373 g/mol. The molecule has 3 rings (SSSR count). The van der Waals surface area contributed by atoms with Gasteiger partial charge in [-0.2, -0.15) is 23.4 Å². The van der Waals surface area contributed by atoms with Crippen molar-refractivity contribution in [3.8, 4) is 0 Å². The van der Waals surface area contributed by atoms with Crippen molar-refractivity contribution in [3.63, 3.8) is 0 Å². The second kappa shape index (κ2) is 6.27. The molecule has 3 heterocycles. The predicted molar refractivity (Wildman–Crippen MR) is 86.7 cm³/mol. The molecule has 26 heavy (non-hydrogen) atoms. The number of halogens is 4. The Kier molecular flexibility index (Phi) is 4.39. The monoisotopic (exact) mass is 386 g/mol. The van der Waals surface area contributed by atoms with Gasteiger partial charge in [0.05, 0.1) is 6.20 Å². The number of carbonyl (C=O) groups is 1. The normalized spacial score (nSPS) is 12.0. The Morgan fingerprint density at radius 1 is 1.38 bits per heavy atom. The van der Waals surface area contributed by atoms with E-state index in [0.717, 1.165) is 11.6 Å². The lowest BCUT2D eigenvalue weighted by Crippen LogP contribution is -2.26. The van der Waals surface area contributed by atoms with Gasteiger partial charge < -0.3 is 4.90 Å². The quantitative estimate of drug-likeness (QED) is 0.694. The summed E-state index contributed by atoms with van der Waals surface area (Å²) in [5, 5.41) is 7.56. The van der Waals surface area contributed by atoms with Crippen LogP contribution in [0.1, 0.15) is 27.4 Å². The van der Waals surface area contributed by atoms with Gasteiger partial charge in [-0.1, -0.05) is 11.6 Å². The molecule has 3 aromatic heterocycles. The summed E-state index contributed by atoms with van der Waals surface area (Å²) in [5.41, 5.74) is -0.669. The summed E-state index contributed by atoms with van der Waals surface area (Å²) in [5.74, 6) is -0.616. The first-order valence-corrected chi connectivity index (χ1v) is 7.81. The second-order valence-electron chi connectivity index (χ2n) is 5.86. The van der Waals surface area contributed by atoms with Gasteiger partial charge in [0.25, 0.3) is 5.91 Å². The Bertz CT molecular complexity index is 993. The van der Waals surface area contributed by atoms with Crippen LogP contribution in [0.2, 0.25) is 5.02 Å². The molecular formula is C15H14ClF3N6O. The molecule has 0 aliphatic heterocycles. The van der Waals surface area contributed by atoms with Crippen LogP contribution in [0.4, 0.5) is 13.2 Å². The topological polar surface area (TPSA) is 68.3 Å². The molecule has 0 aliphatic rings. The van der Waals surface area contributed by atoms with Crippen molar-refractivity contribution in [1.29, 1.82) is 0 Å². The molecule has 7 nitrogen and oxygen atoms in total. The fourth-order valence-corrected chi connectivity index (χ4v) is 2.77. The van der Waals surface area contributed by atoms with Gasteiger partial charge in [0.15, 0.2) is 11.3 Å². The third-order valence-electron chi connectivity index (χ3n) is 3.68. The van der Waals surface area contributed by atoms with Crippen LogP contribution in [0.15, 0.2) is 18.5 Å². The SMILES string of the molecule is Cc1cc(C(F)(F)F)n2nc(C(=O)N(C)Cc3cnn(C)c3)c(Cl)c2n1. The van der Waals surface area contributed by atoms with E-state index >= 15 is 0 Å². The summed E-state index contributed by atoms with van der Waals surface area (Å²) in [6, 6.07) is 0.851. The maximum absolute atomic E-state index is 13.3. The first-order valence-electron chi connectivity index (χ1n) is 7.44. The maximum Gasteiger partial charge on any atom is 0.433 e. The minimum atomic E-state index is -4.66. The maximum atomic E-state index is 13.3. The van der Waals surface area contributed by atoms with Gasteiger partial charge >= 0.3 is 6.18 Å². The lowest BCUT2D eigenvalue weighted by atomic mass is 10.3. The lowest BCUT2D eigenvalue weighted by molar-refractivity contribution is -0.142. The summed E-state index contributed by atoms with van der Waals surface area (Å²) in [4.78, 5) is 17.9. The van der Waals surface area contributed by atoms with Crippen molar-refractivity contribution in [1.82, 2.24) is 29.3 Å². The van der Waals surface area contributed by atoms with Gasteiger partial charge in [-0.25, -0.2) is 9.50 Å². The number of hydrogen-bond donors (Lipinski definition) is 0. The molecule has 0 bridgehead atoms. The van der Waals surface area contributed by atoms with Crippen molar-refractivity contribution < 1.29 is 18.0 Å². The van der Waals surface area contributed by atoms with E-state index in [-0.39, 0.29) is 28.6 Å². The third kappa shape index (κ3) is 3.24. The van der Waals surface area contributed by atoms with E-state index in [1.807, 2.05) is 0 Å².